The monoisotopic (exact) mass is 450 g/mol. The highest BCUT2D eigenvalue weighted by Crippen LogP contribution is 2.33. The van der Waals surface area contributed by atoms with Gasteiger partial charge in [-0.3, -0.25) is 9.69 Å². The molecule has 7 heteroatoms. The van der Waals surface area contributed by atoms with Gasteiger partial charge >= 0.3 is 0 Å². The molecule has 2 aromatic carbocycles. The second kappa shape index (κ2) is 9.66. The van der Waals surface area contributed by atoms with Crippen LogP contribution in [0.4, 0.5) is 5.13 Å². The number of nitrogens with zero attached hydrogens (tertiary/aromatic N) is 4. The number of thiazole rings is 1. The Bertz CT molecular complexity index is 1180. The molecule has 0 bridgehead atoms. The fourth-order valence-corrected chi connectivity index (χ4v) is 5.39. The molecule has 4 aromatic rings. The summed E-state index contributed by atoms with van der Waals surface area (Å²) >= 11 is 3.34. The van der Waals surface area contributed by atoms with Crippen molar-refractivity contribution in [2.75, 3.05) is 17.2 Å². The van der Waals surface area contributed by atoms with Crippen molar-refractivity contribution in [3.8, 4) is 0 Å². The van der Waals surface area contributed by atoms with Gasteiger partial charge in [-0.15, -0.1) is 11.8 Å². The van der Waals surface area contributed by atoms with Crippen molar-refractivity contribution in [2.24, 2.45) is 0 Å². The lowest BCUT2D eigenvalue weighted by Gasteiger charge is -2.20. The number of benzene rings is 2. The zero-order chi connectivity index (χ0) is 21.8. The number of rotatable bonds is 8. The average Bonchev–Trinajstić information content (AvgIpc) is 3.41. The molecule has 0 atom stereocenters. The van der Waals surface area contributed by atoms with E-state index in [9.17, 15) is 4.79 Å². The Hall–Kier alpha value is -2.64. The fraction of sp³-hybridized carbons (Fsp3) is 0.292. The standard InChI is InChI=1S/C24H26N4OS2/c1-4-30-20-8-5-7-19(15-20)23(29)28(11-6-10-27-12-9-25-16-27)24-26-21-14-17(2)13-18(3)22(21)31-24/h5,7-9,12-16H,4,6,10-11H2,1-3H3. The highest BCUT2D eigenvalue weighted by molar-refractivity contribution is 7.99. The van der Waals surface area contributed by atoms with Crippen molar-refractivity contribution in [2.45, 2.75) is 38.6 Å². The van der Waals surface area contributed by atoms with E-state index in [1.807, 2.05) is 33.9 Å². The van der Waals surface area contributed by atoms with Crippen LogP contribution in [0.2, 0.25) is 0 Å². The Kier molecular flexibility index (Phi) is 6.73. The van der Waals surface area contributed by atoms with E-state index in [2.05, 4.69) is 44.0 Å². The maximum Gasteiger partial charge on any atom is 0.260 e. The number of anilines is 1. The van der Waals surface area contributed by atoms with Crippen LogP contribution in [0, 0.1) is 13.8 Å². The Morgan fingerprint density at radius 3 is 2.87 bits per heavy atom. The minimum atomic E-state index is -0.00221. The predicted octanol–water partition coefficient (Wildman–Crippen LogP) is 5.96. The lowest BCUT2D eigenvalue weighted by atomic mass is 10.1. The van der Waals surface area contributed by atoms with Crippen LogP contribution in [0.15, 0.2) is 60.0 Å². The Labute approximate surface area is 191 Å². The van der Waals surface area contributed by atoms with Crippen LogP contribution in [0.3, 0.4) is 0 Å². The van der Waals surface area contributed by atoms with E-state index in [1.165, 1.54) is 11.1 Å². The molecule has 0 fully saturated rings. The summed E-state index contributed by atoms with van der Waals surface area (Å²) in [6.07, 6.45) is 6.35. The Morgan fingerprint density at radius 2 is 2.10 bits per heavy atom. The van der Waals surface area contributed by atoms with Gasteiger partial charge < -0.3 is 4.57 Å². The molecule has 1 amide bonds. The predicted molar refractivity (Wildman–Crippen MR) is 130 cm³/mol. The summed E-state index contributed by atoms with van der Waals surface area (Å²) in [6.45, 7) is 7.70. The first-order valence-corrected chi connectivity index (χ1v) is 12.2. The number of aromatic nitrogens is 3. The highest BCUT2D eigenvalue weighted by atomic mass is 32.2. The molecule has 0 N–H and O–H groups in total. The van der Waals surface area contributed by atoms with Crippen LogP contribution in [0.1, 0.15) is 34.8 Å². The number of carbonyl (C=O) groups excluding carboxylic acids is 1. The van der Waals surface area contributed by atoms with Crippen molar-refractivity contribution in [3.05, 3.63) is 71.8 Å². The summed E-state index contributed by atoms with van der Waals surface area (Å²) in [5, 5.41) is 0.757. The minimum Gasteiger partial charge on any atom is -0.337 e. The molecular weight excluding hydrogens is 424 g/mol. The van der Waals surface area contributed by atoms with Gasteiger partial charge in [0.1, 0.15) is 0 Å². The largest absolute Gasteiger partial charge is 0.337 e. The van der Waals surface area contributed by atoms with E-state index in [-0.39, 0.29) is 5.91 Å². The summed E-state index contributed by atoms with van der Waals surface area (Å²) < 4.78 is 3.18. The molecule has 0 unspecified atom stereocenters. The van der Waals surface area contributed by atoms with Crippen molar-refractivity contribution in [1.82, 2.24) is 14.5 Å². The van der Waals surface area contributed by atoms with Gasteiger partial charge in [0.2, 0.25) is 0 Å². The molecule has 2 aromatic heterocycles. The maximum absolute atomic E-state index is 13.6. The van der Waals surface area contributed by atoms with Gasteiger partial charge in [0, 0.05) is 35.9 Å². The summed E-state index contributed by atoms with van der Waals surface area (Å²) in [4.78, 5) is 25.5. The third-order valence-electron chi connectivity index (χ3n) is 5.03. The van der Waals surface area contributed by atoms with Crippen molar-refractivity contribution < 1.29 is 4.79 Å². The van der Waals surface area contributed by atoms with Gasteiger partial charge in [-0.2, -0.15) is 0 Å². The maximum atomic E-state index is 13.6. The van der Waals surface area contributed by atoms with Crippen molar-refractivity contribution >= 4 is 44.4 Å². The number of fused-ring (bicyclic) bond motifs is 1. The number of thioether (sulfide) groups is 1. The molecule has 0 saturated heterocycles. The molecule has 0 aliphatic heterocycles. The van der Waals surface area contributed by atoms with Crippen LogP contribution >= 0.6 is 23.1 Å². The average molecular weight is 451 g/mol. The quantitative estimate of drug-likeness (QED) is 0.311. The molecule has 31 heavy (non-hydrogen) atoms. The zero-order valence-corrected chi connectivity index (χ0v) is 19.7. The van der Waals surface area contributed by atoms with E-state index in [1.54, 1.807) is 35.6 Å². The molecule has 0 aliphatic carbocycles. The van der Waals surface area contributed by atoms with Gasteiger partial charge in [-0.05, 0) is 61.4 Å². The third kappa shape index (κ3) is 4.99. The van der Waals surface area contributed by atoms with E-state index < -0.39 is 0 Å². The molecule has 0 saturated carbocycles. The third-order valence-corrected chi connectivity index (χ3v) is 7.14. The van der Waals surface area contributed by atoms with E-state index in [0.29, 0.717) is 12.1 Å². The fourth-order valence-electron chi connectivity index (χ4n) is 3.64. The first kappa shape index (κ1) is 21.6. The first-order valence-electron chi connectivity index (χ1n) is 10.4. The van der Waals surface area contributed by atoms with Crippen LogP contribution in [-0.2, 0) is 6.54 Å². The van der Waals surface area contributed by atoms with Gasteiger partial charge in [0.25, 0.3) is 5.91 Å². The highest BCUT2D eigenvalue weighted by Gasteiger charge is 2.22. The molecule has 5 nitrogen and oxygen atoms in total. The molecule has 2 heterocycles. The topological polar surface area (TPSA) is 51.0 Å². The second-order valence-corrected chi connectivity index (χ2v) is 9.81. The zero-order valence-electron chi connectivity index (χ0n) is 18.0. The van der Waals surface area contributed by atoms with E-state index in [4.69, 9.17) is 4.98 Å². The lowest BCUT2D eigenvalue weighted by molar-refractivity contribution is 0.0986. The summed E-state index contributed by atoms with van der Waals surface area (Å²) in [7, 11) is 0. The smallest absolute Gasteiger partial charge is 0.260 e. The summed E-state index contributed by atoms with van der Waals surface area (Å²) in [6, 6.07) is 12.2. The van der Waals surface area contributed by atoms with Crippen LogP contribution in [0.25, 0.3) is 10.2 Å². The number of carbonyl (C=O) groups is 1. The van der Waals surface area contributed by atoms with Gasteiger partial charge in [-0.25, -0.2) is 9.97 Å². The van der Waals surface area contributed by atoms with Gasteiger partial charge in [0.05, 0.1) is 16.5 Å². The van der Waals surface area contributed by atoms with Crippen LogP contribution in [-0.4, -0.2) is 32.7 Å². The number of amides is 1. The van der Waals surface area contributed by atoms with Gasteiger partial charge in [-0.1, -0.05) is 30.4 Å². The van der Waals surface area contributed by atoms with Crippen molar-refractivity contribution in [1.29, 1.82) is 0 Å². The molecule has 0 aliphatic rings. The molecule has 0 spiro atoms. The normalized spacial score (nSPS) is 11.2. The summed E-state index contributed by atoms with van der Waals surface area (Å²) in [5.41, 5.74) is 4.04. The Balaban J connectivity index is 1.66. The number of aryl methyl sites for hydroxylation is 3. The van der Waals surface area contributed by atoms with E-state index >= 15 is 0 Å². The van der Waals surface area contributed by atoms with Crippen LogP contribution in [0.5, 0.6) is 0 Å². The minimum absolute atomic E-state index is 0.00221. The number of hydrogen-bond donors (Lipinski definition) is 0. The lowest BCUT2D eigenvalue weighted by Crippen LogP contribution is -2.32. The first-order chi connectivity index (χ1) is 15.0. The van der Waals surface area contributed by atoms with Gasteiger partial charge in [0.15, 0.2) is 5.13 Å². The molecule has 160 valence electrons. The van der Waals surface area contributed by atoms with Crippen LogP contribution < -0.4 is 4.90 Å². The number of hydrogen-bond acceptors (Lipinski definition) is 5. The molecular formula is C24H26N4OS2. The SMILES string of the molecule is CCSc1cccc(C(=O)N(CCCn2ccnc2)c2nc3cc(C)cc(C)c3s2)c1. The number of imidazole rings is 1. The molecule has 0 radical (unpaired) electrons. The second-order valence-electron chi connectivity index (χ2n) is 7.50. The summed E-state index contributed by atoms with van der Waals surface area (Å²) in [5.74, 6) is 0.973. The van der Waals surface area contributed by atoms with Crippen molar-refractivity contribution in [3.63, 3.8) is 0 Å². The molecule has 4 rings (SSSR count). The van der Waals surface area contributed by atoms with E-state index in [0.717, 1.165) is 39.0 Å². The Morgan fingerprint density at radius 1 is 1.23 bits per heavy atom.